The highest BCUT2D eigenvalue weighted by atomic mass is 16.5. The van der Waals surface area contributed by atoms with Gasteiger partial charge in [-0.05, 0) is 36.0 Å². The van der Waals surface area contributed by atoms with Gasteiger partial charge in [0, 0.05) is 5.39 Å². The van der Waals surface area contributed by atoms with Crippen LogP contribution in [0, 0.1) is 5.92 Å². The lowest BCUT2D eigenvalue weighted by molar-refractivity contribution is 0.231. The van der Waals surface area contributed by atoms with Gasteiger partial charge >= 0.3 is 0 Å². The molecule has 0 fully saturated rings. The fourth-order valence-electron chi connectivity index (χ4n) is 2.46. The van der Waals surface area contributed by atoms with Crippen LogP contribution in [0.1, 0.15) is 37.9 Å². The summed E-state index contributed by atoms with van der Waals surface area (Å²) < 4.78 is 5.76. The van der Waals surface area contributed by atoms with Crippen molar-refractivity contribution >= 4 is 10.9 Å². The lowest BCUT2D eigenvalue weighted by atomic mass is 9.99. The second-order valence-electron chi connectivity index (χ2n) is 5.66. The van der Waals surface area contributed by atoms with E-state index in [0.29, 0.717) is 11.8 Å². The molecule has 1 aromatic heterocycles. The molecule has 18 heavy (non-hydrogen) atoms. The Kier molecular flexibility index (Phi) is 2.73. The predicted octanol–water partition coefficient (Wildman–Crippen LogP) is 3.93. The first kappa shape index (κ1) is 11.5. The van der Waals surface area contributed by atoms with Gasteiger partial charge in [0.05, 0.1) is 17.8 Å². The standard InChI is InChI=1S/C16H19NO/c1-10(2)12-4-5-13-8-16-15(17-14(13)7-12)6-11(3)9-18-16/h4-5,7-8,10-11H,6,9H2,1-3H3/t11-/m0/s1. The summed E-state index contributed by atoms with van der Waals surface area (Å²) in [5.74, 6) is 2.08. The maximum absolute atomic E-state index is 5.76. The third-order valence-corrected chi connectivity index (χ3v) is 3.61. The van der Waals surface area contributed by atoms with Crippen molar-refractivity contribution in [3.05, 3.63) is 35.5 Å². The van der Waals surface area contributed by atoms with Crippen LogP contribution in [0.2, 0.25) is 0 Å². The molecule has 0 amide bonds. The van der Waals surface area contributed by atoms with E-state index >= 15 is 0 Å². The normalized spacial score (nSPS) is 18.8. The topological polar surface area (TPSA) is 22.1 Å². The Hall–Kier alpha value is -1.57. The SMILES string of the molecule is CC(C)c1ccc2cc3c(nc2c1)C[C@H](C)CO3. The van der Waals surface area contributed by atoms with Crippen LogP contribution in [0.15, 0.2) is 24.3 Å². The summed E-state index contributed by atoms with van der Waals surface area (Å²) in [6, 6.07) is 8.68. The molecule has 2 aromatic rings. The third-order valence-electron chi connectivity index (χ3n) is 3.61. The van der Waals surface area contributed by atoms with E-state index in [-0.39, 0.29) is 0 Å². The number of pyridine rings is 1. The average molecular weight is 241 g/mol. The van der Waals surface area contributed by atoms with Gasteiger partial charge in [0.2, 0.25) is 0 Å². The quantitative estimate of drug-likeness (QED) is 0.754. The maximum atomic E-state index is 5.76. The zero-order valence-corrected chi connectivity index (χ0v) is 11.2. The third kappa shape index (κ3) is 1.96. The molecule has 0 N–H and O–H groups in total. The van der Waals surface area contributed by atoms with Crippen molar-refractivity contribution in [2.24, 2.45) is 5.92 Å². The summed E-state index contributed by atoms with van der Waals surface area (Å²) in [6.07, 6.45) is 1.02. The molecule has 2 heterocycles. The minimum Gasteiger partial charge on any atom is -0.491 e. The number of hydrogen-bond acceptors (Lipinski definition) is 2. The molecule has 1 aromatic carbocycles. The minimum absolute atomic E-state index is 0.544. The predicted molar refractivity (Wildman–Crippen MR) is 74.2 cm³/mol. The monoisotopic (exact) mass is 241 g/mol. The molecule has 0 aliphatic carbocycles. The second kappa shape index (κ2) is 4.27. The zero-order valence-electron chi connectivity index (χ0n) is 11.2. The van der Waals surface area contributed by atoms with E-state index in [1.54, 1.807) is 0 Å². The van der Waals surface area contributed by atoms with Crippen LogP contribution in [0.25, 0.3) is 10.9 Å². The molecule has 0 saturated heterocycles. The fraction of sp³-hybridized carbons (Fsp3) is 0.438. The number of rotatable bonds is 1. The van der Waals surface area contributed by atoms with E-state index in [1.807, 2.05) is 0 Å². The fourth-order valence-corrected chi connectivity index (χ4v) is 2.46. The van der Waals surface area contributed by atoms with E-state index in [0.717, 1.165) is 30.0 Å². The number of aromatic nitrogens is 1. The van der Waals surface area contributed by atoms with E-state index in [4.69, 9.17) is 9.72 Å². The Morgan fingerprint density at radius 3 is 2.89 bits per heavy atom. The summed E-state index contributed by atoms with van der Waals surface area (Å²) in [5, 5.41) is 1.17. The number of nitrogens with zero attached hydrogens (tertiary/aromatic N) is 1. The van der Waals surface area contributed by atoms with Gasteiger partial charge in [-0.25, -0.2) is 4.98 Å². The van der Waals surface area contributed by atoms with Gasteiger partial charge in [-0.3, -0.25) is 0 Å². The lowest BCUT2D eigenvalue weighted by Crippen LogP contribution is -2.19. The molecule has 0 saturated carbocycles. The number of benzene rings is 1. The molecule has 1 atom stereocenters. The molecule has 2 heteroatoms. The molecule has 0 unspecified atom stereocenters. The highest BCUT2D eigenvalue weighted by Crippen LogP contribution is 2.30. The summed E-state index contributed by atoms with van der Waals surface area (Å²) in [4.78, 5) is 4.78. The molecule has 0 bridgehead atoms. The smallest absolute Gasteiger partial charge is 0.141 e. The van der Waals surface area contributed by atoms with E-state index in [9.17, 15) is 0 Å². The van der Waals surface area contributed by atoms with E-state index < -0.39 is 0 Å². The largest absolute Gasteiger partial charge is 0.491 e. The molecule has 1 aliphatic heterocycles. The van der Waals surface area contributed by atoms with Crippen molar-refractivity contribution in [2.45, 2.75) is 33.1 Å². The van der Waals surface area contributed by atoms with Crippen LogP contribution >= 0.6 is 0 Å². The van der Waals surface area contributed by atoms with Gasteiger partial charge < -0.3 is 4.74 Å². The Morgan fingerprint density at radius 1 is 1.28 bits per heavy atom. The Bertz CT molecular complexity index is 589. The summed E-state index contributed by atoms with van der Waals surface area (Å²) in [5.41, 5.74) is 3.56. The first-order valence-corrected chi connectivity index (χ1v) is 6.70. The van der Waals surface area contributed by atoms with E-state index in [1.165, 1.54) is 10.9 Å². The van der Waals surface area contributed by atoms with E-state index in [2.05, 4.69) is 45.0 Å². The van der Waals surface area contributed by atoms with Gasteiger partial charge in [-0.2, -0.15) is 0 Å². The number of hydrogen-bond donors (Lipinski definition) is 0. The molecule has 94 valence electrons. The summed E-state index contributed by atoms with van der Waals surface area (Å²) >= 11 is 0. The molecule has 3 rings (SSSR count). The molecule has 1 aliphatic rings. The Labute approximate surface area is 108 Å². The number of fused-ring (bicyclic) bond motifs is 2. The van der Waals surface area contributed by atoms with Crippen molar-refractivity contribution in [1.29, 1.82) is 0 Å². The van der Waals surface area contributed by atoms with Crippen LogP contribution in [0.4, 0.5) is 0 Å². The first-order chi connectivity index (χ1) is 8.63. The highest BCUT2D eigenvalue weighted by Gasteiger charge is 2.18. The second-order valence-corrected chi connectivity index (χ2v) is 5.66. The van der Waals surface area contributed by atoms with Gasteiger partial charge in [0.15, 0.2) is 0 Å². The Balaban J connectivity index is 2.13. The van der Waals surface area contributed by atoms with Crippen LogP contribution in [-0.2, 0) is 6.42 Å². The highest BCUT2D eigenvalue weighted by molar-refractivity contribution is 5.81. The summed E-state index contributed by atoms with van der Waals surface area (Å²) in [7, 11) is 0. The minimum atomic E-state index is 0.544. The van der Waals surface area contributed by atoms with Gasteiger partial charge in [0.1, 0.15) is 5.75 Å². The van der Waals surface area contributed by atoms with Crippen LogP contribution in [0.5, 0.6) is 5.75 Å². The van der Waals surface area contributed by atoms with Crippen molar-refractivity contribution in [2.75, 3.05) is 6.61 Å². The Morgan fingerprint density at radius 2 is 2.11 bits per heavy atom. The van der Waals surface area contributed by atoms with Crippen molar-refractivity contribution in [3.8, 4) is 5.75 Å². The van der Waals surface area contributed by atoms with Gasteiger partial charge in [0.25, 0.3) is 0 Å². The van der Waals surface area contributed by atoms with Crippen molar-refractivity contribution < 1.29 is 4.74 Å². The zero-order chi connectivity index (χ0) is 12.7. The molecular formula is C16H19NO. The molecule has 0 spiro atoms. The molecule has 0 radical (unpaired) electrons. The van der Waals surface area contributed by atoms with Crippen molar-refractivity contribution in [3.63, 3.8) is 0 Å². The van der Waals surface area contributed by atoms with Crippen LogP contribution in [0.3, 0.4) is 0 Å². The first-order valence-electron chi connectivity index (χ1n) is 6.70. The van der Waals surface area contributed by atoms with Gasteiger partial charge in [-0.1, -0.05) is 32.9 Å². The summed E-state index contributed by atoms with van der Waals surface area (Å²) in [6.45, 7) is 7.44. The average Bonchev–Trinajstić information content (AvgIpc) is 2.35. The molecular weight excluding hydrogens is 222 g/mol. The van der Waals surface area contributed by atoms with Crippen LogP contribution in [-0.4, -0.2) is 11.6 Å². The lowest BCUT2D eigenvalue weighted by Gasteiger charge is -2.22. The van der Waals surface area contributed by atoms with Gasteiger partial charge in [-0.15, -0.1) is 0 Å². The molecule has 2 nitrogen and oxygen atoms in total. The van der Waals surface area contributed by atoms with Crippen LogP contribution < -0.4 is 4.74 Å². The maximum Gasteiger partial charge on any atom is 0.141 e. The number of ether oxygens (including phenoxy) is 1. The van der Waals surface area contributed by atoms with Crippen molar-refractivity contribution in [1.82, 2.24) is 4.98 Å².